The summed E-state index contributed by atoms with van der Waals surface area (Å²) < 4.78 is 1.75. The van der Waals surface area contributed by atoms with Crippen molar-refractivity contribution in [3.63, 3.8) is 0 Å². The molecule has 0 aromatic carbocycles. The summed E-state index contributed by atoms with van der Waals surface area (Å²) in [5.41, 5.74) is 1.45. The lowest BCUT2D eigenvalue weighted by atomic mass is 10.1. The predicted octanol–water partition coefficient (Wildman–Crippen LogP) is 1.15. The van der Waals surface area contributed by atoms with Gasteiger partial charge in [-0.2, -0.15) is 10.4 Å². The summed E-state index contributed by atoms with van der Waals surface area (Å²) in [4.78, 5) is 0. The Morgan fingerprint density at radius 3 is 3.12 bits per heavy atom. The maximum absolute atomic E-state index is 9.07. The molecule has 17 heavy (non-hydrogen) atoms. The summed E-state index contributed by atoms with van der Waals surface area (Å²) in [7, 11) is 1.87. The van der Waals surface area contributed by atoms with Gasteiger partial charge in [0.1, 0.15) is 17.5 Å². The largest absolute Gasteiger partial charge is 0.369 e. The van der Waals surface area contributed by atoms with E-state index in [0.717, 1.165) is 31.0 Å². The molecule has 1 aromatic rings. The van der Waals surface area contributed by atoms with Gasteiger partial charge in [-0.25, -0.2) is 0 Å². The van der Waals surface area contributed by atoms with E-state index in [1.165, 1.54) is 12.8 Å². The molecule has 1 aliphatic rings. The molecule has 1 atom stereocenters. The molecule has 1 aliphatic heterocycles. The van der Waals surface area contributed by atoms with Crippen molar-refractivity contribution in [2.24, 2.45) is 7.05 Å². The van der Waals surface area contributed by atoms with Crippen molar-refractivity contribution in [1.82, 2.24) is 15.1 Å². The molecule has 92 valence electrons. The van der Waals surface area contributed by atoms with Crippen molar-refractivity contribution in [3.8, 4) is 6.07 Å². The molecular formula is C12H19N5. The second-order valence-electron chi connectivity index (χ2n) is 4.55. The second kappa shape index (κ2) is 5.19. The Morgan fingerprint density at radius 1 is 1.65 bits per heavy atom. The molecule has 0 radical (unpaired) electrons. The Bertz CT molecular complexity index is 423. The van der Waals surface area contributed by atoms with E-state index in [-0.39, 0.29) is 0 Å². The minimum atomic E-state index is 0.627. The Hall–Kier alpha value is -1.54. The van der Waals surface area contributed by atoms with Crippen LogP contribution in [0.1, 0.15) is 30.5 Å². The first-order chi connectivity index (χ1) is 8.22. The lowest BCUT2D eigenvalue weighted by Gasteiger charge is -2.11. The molecule has 0 amide bonds. The van der Waals surface area contributed by atoms with Crippen molar-refractivity contribution in [1.29, 1.82) is 5.26 Å². The summed E-state index contributed by atoms with van der Waals surface area (Å²) in [5, 5.41) is 20.1. The summed E-state index contributed by atoms with van der Waals surface area (Å²) in [6, 6.07) is 2.83. The van der Waals surface area contributed by atoms with E-state index in [2.05, 4.69) is 21.8 Å². The Balaban J connectivity index is 1.92. The highest BCUT2D eigenvalue weighted by atomic mass is 15.3. The van der Waals surface area contributed by atoms with Crippen LogP contribution in [0, 0.1) is 18.3 Å². The van der Waals surface area contributed by atoms with Crippen LogP contribution in [0.3, 0.4) is 0 Å². The quantitative estimate of drug-likeness (QED) is 0.819. The van der Waals surface area contributed by atoms with Crippen molar-refractivity contribution in [2.75, 3.05) is 18.4 Å². The van der Waals surface area contributed by atoms with Crippen LogP contribution in [0.5, 0.6) is 0 Å². The van der Waals surface area contributed by atoms with E-state index in [9.17, 15) is 0 Å². The zero-order valence-electron chi connectivity index (χ0n) is 10.5. The smallest absolute Gasteiger partial charge is 0.142 e. The van der Waals surface area contributed by atoms with Gasteiger partial charge in [-0.05, 0) is 32.7 Å². The number of nitriles is 1. The zero-order valence-corrected chi connectivity index (χ0v) is 10.5. The average Bonchev–Trinajstić information content (AvgIpc) is 2.88. The minimum absolute atomic E-state index is 0.627. The number of anilines is 1. The van der Waals surface area contributed by atoms with Crippen molar-refractivity contribution < 1.29 is 0 Å². The van der Waals surface area contributed by atoms with Gasteiger partial charge in [-0.3, -0.25) is 4.68 Å². The highest BCUT2D eigenvalue weighted by Gasteiger charge is 2.15. The van der Waals surface area contributed by atoms with Gasteiger partial charge in [0, 0.05) is 19.6 Å². The van der Waals surface area contributed by atoms with E-state index < -0.39 is 0 Å². The zero-order chi connectivity index (χ0) is 12.3. The third-order valence-electron chi connectivity index (χ3n) is 3.28. The van der Waals surface area contributed by atoms with Crippen LogP contribution in [-0.4, -0.2) is 28.9 Å². The fraction of sp³-hybridized carbons (Fsp3) is 0.667. The van der Waals surface area contributed by atoms with Crippen LogP contribution in [0.4, 0.5) is 5.82 Å². The minimum Gasteiger partial charge on any atom is -0.369 e. The maximum atomic E-state index is 9.07. The molecule has 2 heterocycles. The van der Waals surface area contributed by atoms with Gasteiger partial charge in [0.15, 0.2) is 0 Å². The van der Waals surface area contributed by atoms with Gasteiger partial charge < -0.3 is 10.6 Å². The first kappa shape index (κ1) is 11.9. The van der Waals surface area contributed by atoms with Crippen LogP contribution >= 0.6 is 0 Å². The molecule has 0 aliphatic carbocycles. The highest BCUT2D eigenvalue weighted by Crippen LogP contribution is 2.17. The first-order valence-electron chi connectivity index (χ1n) is 6.13. The number of rotatable bonds is 4. The van der Waals surface area contributed by atoms with E-state index in [0.29, 0.717) is 11.6 Å². The normalized spacial score (nSPS) is 19.2. The first-order valence-corrected chi connectivity index (χ1v) is 6.13. The van der Waals surface area contributed by atoms with E-state index in [1.54, 1.807) is 4.68 Å². The van der Waals surface area contributed by atoms with Gasteiger partial charge in [0.05, 0.1) is 5.69 Å². The van der Waals surface area contributed by atoms with E-state index in [4.69, 9.17) is 5.26 Å². The lowest BCUT2D eigenvalue weighted by Crippen LogP contribution is -2.24. The lowest BCUT2D eigenvalue weighted by molar-refractivity contribution is 0.573. The third kappa shape index (κ3) is 2.59. The predicted molar refractivity (Wildman–Crippen MR) is 66.8 cm³/mol. The molecule has 2 rings (SSSR count). The molecule has 1 fully saturated rings. The van der Waals surface area contributed by atoms with E-state index in [1.807, 2.05) is 14.0 Å². The van der Waals surface area contributed by atoms with Gasteiger partial charge >= 0.3 is 0 Å². The molecule has 2 N–H and O–H groups in total. The van der Waals surface area contributed by atoms with Crippen molar-refractivity contribution in [3.05, 3.63) is 11.3 Å². The average molecular weight is 233 g/mol. The fourth-order valence-corrected chi connectivity index (χ4v) is 2.36. The van der Waals surface area contributed by atoms with Crippen molar-refractivity contribution in [2.45, 2.75) is 32.2 Å². The van der Waals surface area contributed by atoms with Gasteiger partial charge in [0.2, 0.25) is 0 Å². The van der Waals surface area contributed by atoms with Crippen LogP contribution < -0.4 is 10.6 Å². The standard InChI is InChI=1S/C12H19N5/c1-9-11(8-13)12(17(2)16-9)15-7-5-10-4-3-6-14-10/h10,14-15H,3-7H2,1-2H3/t10-/m0/s1. The Kier molecular flexibility index (Phi) is 3.64. The molecule has 5 heteroatoms. The van der Waals surface area contributed by atoms with Crippen LogP contribution in [0.2, 0.25) is 0 Å². The number of hydrogen-bond donors (Lipinski definition) is 2. The topological polar surface area (TPSA) is 65.7 Å². The van der Waals surface area contributed by atoms with Gasteiger partial charge in [0.25, 0.3) is 0 Å². The summed E-state index contributed by atoms with van der Waals surface area (Å²) >= 11 is 0. The molecule has 1 saturated heterocycles. The third-order valence-corrected chi connectivity index (χ3v) is 3.28. The molecule has 0 bridgehead atoms. The van der Waals surface area contributed by atoms with Gasteiger partial charge in [-0.1, -0.05) is 0 Å². The Labute approximate surface area is 102 Å². The second-order valence-corrected chi connectivity index (χ2v) is 4.55. The number of nitrogens with zero attached hydrogens (tertiary/aromatic N) is 3. The molecule has 0 unspecified atom stereocenters. The number of aryl methyl sites for hydroxylation is 2. The molecule has 1 aromatic heterocycles. The summed E-state index contributed by atoms with van der Waals surface area (Å²) in [6.07, 6.45) is 3.63. The van der Waals surface area contributed by atoms with Crippen LogP contribution in [0.25, 0.3) is 0 Å². The van der Waals surface area contributed by atoms with Gasteiger partial charge in [-0.15, -0.1) is 0 Å². The number of aromatic nitrogens is 2. The monoisotopic (exact) mass is 233 g/mol. The molecule has 0 saturated carbocycles. The maximum Gasteiger partial charge on any atom is 0.142 e. The highest BCUT2D eigenvalue weighted by molar-refractivity contribution is 5.54. The van der Waals surface area contributed by atoms with Crippen molar-refractivity contribution >= 4 is 5.82 Å². The van der Waals surface area contributed by atoms with E-state index >= 15 is 0 Å². The summed E-state index contributed by atoms with van der Waals surface area (Å²) in [5.74, 6) is 0.836. The number of nitrogens with one attached hydrogen (secondary N) is 2. The van der Waals surface area contributed by atoms with Crippen LogP contribution in [-0.2, 0) is 7.05 Å². The molecule has 0 spiro atoms. The van der Waals surface area contributed by atoms with Crippen LogP contribution in [0.15, 0.2) is 0 Å². The fourth-order valence-electron chi connectivity index (χ4n) is 2.36. The summed E-state index contributed by atoms with van der Waals surface area (Å²) in [6.45, 7) is 3.88. The molecule has 5 nitrogen and oxygen atoms in total. The number of hydrogen-bond acceptors (Lipinski definition) is 4. The molecular weight excluding hydrogens is 214 g/mol. The Morgan fingerprint density at radius 2 is 2.47 bits per heavy atom. The SMILES string of the molecule is Cc1nn(C)c(NCC[C@@H]2CCCN2)c1C#N.